The summed E-state index contributed by atoms with van der Waals surface area (Å²) in [5, 5.41) is 3.34. The first kappa shape index (κ1) is 13.2. The molecule has 1 heterocycles. The lowest BCUT2D eigenvalue weighted by Gasteiger charge is -2.09. The van der Waals surface area contributed by atoms with Crippen LogP contribution < -0.4 is 15.8 Å². The number of anilines is 2. The first-order valence-corrected chi connectivity index (χ1v) is 7.30. The highest BCUT2D eigenvalue weighted by molar-refractivity contribution is 9.11. The Kier molecular flexibility index (Phi) is 4.49. The fourth-order valence-corrected chi connectivity index (χ4v) is 3.03. The van der Waals surface area contributed by atoms with Crippen LogP contribution in [0.2, 0.25) is 0 Å². The molecule has 0 amide bonds. The van der Waals surface area contributed by atoms with Crippen LogP contribution in [0, 0.1) is 0 Å². The van der Waals surface area contributed by atoms with Crippen LogP contribution in [0.4, 0.5) is 11.4 Å². The van der Waals surface area contributed by atoms with Crippen molar-refractivity contribution in [1.82, 2.24) is 0 Å². The predicted octanol–water partition coefficient (Wildman–Crippen LogP) is 4.10. The molecule has 18 heavy (non-hydrogen) atoms. The molecule has 3 N–H and O–H groups in total. The molecule has 1 aromatic carbocycles. The van der Waals surface area contributed by atoms with E-state index in [0.717, 1.165) is 21.8 Å². The zero-order valence-electron chi connectivity index (χ0n) is 10.1. The van der Waals surface area contributed by atoms with Gasteiger partial charge in [0.05, 0.1) is 10.4 Å². The van der Waals surface area contributed by atoms with Crippen LogP contribution in [0.15, 0.2) is 34.1 Å². The SMILES string of the molecule is CCOc1cc(N)cc(NCc2ccc(Br)s2)c1. The van der Waals surface area contributed by atoms with Crippen molar-refractivity contribution >= 4 is 38.6 Å². The number of nitrogen functional groups attached to an aromatic ring is 1. The maximum atomic E-state index is 5.84. The fraction of sp³-hybridized carbons (Fsp3) is 0.231. The molecule has 96 valence electrons. The summed E-state index contributed by atoms with van der Waals surface area (Å²) in [5.74, 6) is 0.798. The molecule has 0 fully saturated rings. The van der Waals surface area contributed by atoms with E-state index in [1.54, 1.807) is 11.3 Å². The number of rotatable bonds is 5. The number of hydrogen-bond donors (Lipinski definition) is 2. The van der Waals surface area contributed by atoms with Crippen molar-refractivity contribution in [2.45, 2.75) is 13.5 Å². The summed E-state index contributed by atoms with van der Waals surface area (Å²) in [6.07, 6.45) is 0. The molecule has 0 spiro atoms. The molecular formula is C13H15BrN2OS. The molecular weight excluding hydrogens is 312 g/mol. The first-order valence-electron chi connectivity index (χ1n) is 5.69. The standard InChI is InChI=1S/C13H15BrN2OS/c1-2-17-11-6-9(15)5-10(7-11)16-8-12-3-4-13(14)18-12/h3-7,16H,2,8,15H2,1H3. The van der Waals surface area contributed by atoms with E-state index < -0.39 is 0 Å². The van der Waals surface area contributed by atoms with Crippen LogP contribution in [0.3, 0.4) is 0 Å². The highest BCUT2D eigenvalue weighted by atomic mass is 79.9. The maximum Gasteiger partial charge on any atom is 0.123 e. The predicted molar refractivity (Wildman–Crippen MR) is 81.4 cm³/mol. The molecule has 5 heteroatoms. The third kappa shape index (κ3) is 3.65. The monoisotopic (exact) mass is 326 g/mol. The third-order valence-corrected chi connectivity index (χ3v) is 3.96. The van der Waals surface area contributed by atoms with Gasteiger partial charge in [-0.05, 0) is 41.1 Å². The van der Waals surface area contributed by atoms with E-state index in [9.17, 15) is 0 Å². The van der Waals surface area contributed by atoms with E-state index >= 15 is 0 Å². The highest BCUT2D eigenvalue weighted by Gasteiger charge is 2.01. The highest BCUT2D eigenvalue weighted by Crippen LogP contribution is 2.25. The van der Waals surface area contributed by atoms with E-state index in [4.69, 9.17) is 10.5 Å². The van der Waals surface area contributed by atoms with Crippen molar-refractivity contribution in [2.24, 2.45) is 0 Å². The summed E-state index contributed by atoms with van der Waals surface area (Å²) in [5.41, 5.74) is 7.52. The van der Waals surface area contributed by atoms with Crippen molar-refractivity contribution < 1.29 is 4.74 Å². The summed E-state index contributed by atoms with van der Waals surface area (Å²) < 4.78 is 6.60. The van der Waals surface area contributed by atoms with Crippen LogP contribution in [-0.4, -0.2) is 6.61 Å². The Labute approximate surface area is 119 Å². The smallest absolute Gasteiger partial charge is 0.123 e. The van der Waals surface area contributed by atoms with Crippen LogP contribution in [0.1, 0.15) is 11.8 Å². The summed E-state index contributed by atoms with van der Waals surface area (Å²) in [7, 11) is 0. The Morgan fingerprint density at radius 1 is 1.33 bits per heavy atom. The van der Waals surface area contributed by atoms with Crippen molar-refractivity contribution in [3.63, 3.8) is 0 Å². The molecule has 0 atom stereocenters. The van der Waals surface area contributed by atoms with E-state index in [1.165, 1.54) is 4.88 Å². The zero-order chi connectivity index (χ0) is 13.0. The number of nitrogens with two attached hydrogens (primary N) is 1. The van der Waals surface area contributed by atoms with Crippen molar-refractivity contribution in [3.8, 4) is 5.75 Å². The Morgan fingerprint density at radius 3 is 2.83 bits per heavy atom. The number of nitrogens with one attached hydrogen (secondary N) is 1. The Morgan fingerprint density at radius 2 is 2.17 bits per heavy atom. The second-order valence-corrected chi connectivity index (χ2v) is 6.33. The molecule has 0 aliphatic heterocycles. The number of benzene rings is 1. The van der Waals surface area contributed by atoms with Crippen LogP contribution in [0.5, 0.6) is 5.75 Å². The second-order valence-electron chi connectivity index (χ2n) is 3.78. The lowest BCUT2D eigenvalue weighted by atomic mass is 10.2. The van der Waals surface area contributed by atoms with Gasteiger partial charge in [0.1, 0.15) is 5.75 Å². The van der Waals surface area contributed by atoms with Crippen molar-refractivity contribution in [3.05, 3.63) is 39.0 Å². The third-order valence-electron chi connectivity index (χ3n) is 2.34. The summed E-state index contributed by atoms with van der Waals surface area (Å²) in [6, 6.07) is 9.84. The van der Waals surface area contributed by atoms with Gasteiger partial charge in [-0.25, -0.2) is 0 Å². The normalized spacial score (nSPS) is 10.3. The van der Waals surface area contributed by atoms with Crippen LogP contribution >= 0.6 is 27.3 Å². The van der Waals surface area contributed by atoms with Gasteiger partial charge >= 0.3 is 0 Å². The molecule has 0 aliphatic rings. The molecule has 0 unspecified atom stereocenters. The van der Waals surface area contributed by atoms with Gasteiger partial charge in [0, 0.05) is 34.9 Å². The van der Waals surface area contributed by atoms with Gasteiger partial charge < -0.3 is 15.8 Å². The van der Waals surface area contributed by atoms with Crippen molar-refractivity contribution in [2.75, 3.05) is 17.7 Å². The molecule has 2 rings (SSSR count). The average molecular weight is 327 g/mol. The summed E-state index contributed by atoms with van der Waals surface area (Å²) in [4.78, 5) is 1.27. The molecule has 0 aliphatic carbocycles. The molecule has 3 nitrogen and oxygen atoms in total. The fourth-order valence-electron chi connectivity index (χ4n) is 1.61. The van der Waals surface area contributed by atoms with Gasteiger partial charge in [0.15, 0.2) is 0 Å². The Bertz CT molecular complexity index is 527. The Balaban J connectivity index is 2.04. The molecule has 1 aromatic heterocycles. The number of hydrogen-bond acceptors (Lipinski definition) is 4. The maximum absolute atomic E-state index is 5.84. The van der Waals surface area contributed by atoms with Gasteiger partial charge in [-0.2, -0.15) is 0 Å². The minimum Gasteiger partial charge on any atom is -0.494 e. The molecule has 0 saturated heterocycles. The minimum atomic E-state index is 0.640. The largest absolute Gasteiger partial charge is 0.494 e. The quantitative estimate of drug-likeness (QED) is 0.813. The lowest BCUT2D eigenvalue weighted by Crippen LogP contribution is -2.00. The second kappa shape index (κ2) is 6.11. The molecule has 2 aromatic rings. The zero-order valence-corrected chi connectivity index (χ0v) is 12.5. The first-order chi connectivity index (χ1) is 8.67. The van der Waals surface area contributed by atoms with Gasteiger partial charge in [-0.3, -0.25) is 0 Å². The number of ether oxygens (including phenoxy) is 1. The van der Waals surface area contributed by atoms with Crippen LogP contribution in [-0.2, 0) is 6.54 Å². The van der Waals surface area contributed by atoms with Gasteiger partial charge in [-0.15, -0.1) is 11.3 Å². The van der Waals surface area contributed by atoms with E-state index in [-0.39, 0.29) is 0 Å². The average Bonchev–Trinajstić information content (AvgIpc) is 2.72. The van der Waals surface area contributed by atoms with E-state index in [0.29, 0.717) is 12.3 Å². The Hall–Kier alpha value is -1.20. The molecule has 0 saturated carbocycles. The van der Waals surface area contributed by atoms with Crippen molar-refractivity contribution in [1.29, 1.82) is 0 Å². The van der Waals surface area contributed by atoms with Crippen LogP contribution in [0.25, 0.3) is 0 Å². The molecule has 0 radical (unpaired) electrons. The van der Waals surface area contributed by atoms with E-state index in [1.807, 2.05) is 31.2 Å². The number of thiophene rings is 1. The summed E-state index contributed by atoms with van der Waals surface area (Å²) >= 11 is 5.17. The topological polar surface area (TPSA) is 47.3 Å². The number of halogens is 1. The molecule has 0 bridgehead atoms. The van der Waals surface area contributed by atoms with Gasteiger partial charge in [-0.1, -0.05) is 0 Å². The summed E-state index contributed by atoms with van der Waals surface area (Å²) in [6.45, 7) is 3.38. The van der Waals surface area contributed by atoms with Gasteiger partial charge in [0.25, 0.3) is 0 Å². The lowest BCUT2D eigenvalue weighted by molar-refractivity contribution is 0.340. The minimum absolute atomic E-state index is 0.640. The van der Waals surface area contributed by atoms with E-state index in [2.05, 4.69) is 27.3 Å². The van der Waals surface area contributed by atoms with Gasteiger partial charge in [0.2, 0.25) is 0 Å².